The van der Waals surface area contributed by atoms with Crippen molar-refractivity contribution < 1.29 is 27.2 Å². The topological polar surface area (TPSA) is 89.9 Å². The van der Waals surface area contributed by atoms with Crippen molar-refractivity contribution in [1.29, 1.82) is 0 Å². The first-order chi connectivity index (χ1) is 10.3. The Balaban J connectivity index is 2.07. The molecule has 1 fully saturated rings. The number of aliphatic hydroxyl groups is 1. The quantitative estimate of drug-likeness (QED) is 0.485. The number of benzene rings is 1. The Kier molecular flexibility index (Phi) is 5.33. The number of carbonyl (C=O) groups is 1. The lowest BCUT2D eigenvalue weighted by Crippen LogP contribution is -2.25. The molecule has 1 aromatic rings. The molecule has 2 unspecified atom stereocenters. The molecule has 0 spiro atoms. The number of aliphatic hydroxyl groups excluding tert-OH is 1. The van der Waals surface area contributed by atoms with E-state index in [0.29, 0.717) is 18.1 Å². The highest BCUT2D eigenvalue weighted by Gasteiger charge is 2.39. The zero-order valence-corrected chi connectivity index (χ0v) is 13.4. The Morgan fingerprint density at radius 3 is 2.50 bits per heavy atom. The predicted molar refractivity (Wildman–Crippen MR) is 79.8 cm³/mol. The number of rotatable bonds is 6. The summed E-state index contributed by atoms with van der Waals surface area (Å²) in [7, 11) is -3.80. The molecule has 2 atom stereocenters. The molecule has 0 saturated carbocycles. The van der Waals surface area contributed by atoms with Gasteiger partial charge in [-0.15, -0.1) is 0 Å². The first kappa shape index (κ1) is 17.1. The highest BCUT2D eigenvalue weighted by Crippen LogP contribution is 2.23. The fourth-order valence-electron chi connectivity index (χ4n) is 2.14. The van der Waals surface area contributed by atoms with Crippen molar-refractivity contribution in [3.63, 3.8) is 0 Å². The standard InChI is InChI=1S/C15H20O6S/c1-10(2)9-20-15(17)12-5-3-11(4-6-12)14(16)13-7-8-21-22(13,18)19/h3-6,10,13,15,17H,7-9H2,1-2H3. The Morgan fingerprint density at radius 1 is 1.36 bits per heavy atom. The molecule has 1 aliphatic rings. The maximum atomic E-state index is 12.2. The lowest BCUT2D eigenvalue weighted by Gasteiger charge is -2.14. The third-order valence-electron chi connectivity index (χ3n) is 3.34. The number of Topliss-reactive ketones (excluding diaryl/α,β-unsaturated/α-hetero) is 1. The van der Waals surface area contributed by atoms with Crippen LogP contribution in [0.15, 0.2) is 24.3 Å². The number of ketones is 1. The van der Waals surface area contributed by atoms with Crippen molar-refractivity contribution in [2.75, 3.05) is 13.2 Å². The van der Waals surface area contributed by atoms with Gasteiger partial charge in [-0.05, 0) is 12.3 Å². The molecule has 7 heteroatoms. The molecule has 0 radical (unpaired) electrons. The zero-order valence-electron chi connectivity index (χ0n) is 12.6. The van der Waals surface area contributed by atoms with E-state index in [1.807, 2.05) is 13.8 Å². The van der Waals surface area contributed by atoms with Gasteiger partial charge in [-0.2, -0.15) is 8.42 Å². The monoisotopic (exact) mass is 328 g/mol. The summed E-state index contributed by atoms with van der Waals surface area (Å²) in [6.45, 7) is 4.40. The largest absolute Gasteiger partial charge is 0.364 e. The fourth-order valence-corrected chi connectivity index (χ4v) is 3.41. The molecule has 1 aliphatic heterocycles. The summed E-state index contributed by atoms with van der Waals surface area (Å²) in [4.78, 5) is 12.2. The number of carbonyl (C=O) groups excluding carboxylic acids is 1. The van der Waals surface area contributed by atoms with Crippen LogP contribution in [0.3, 0.4) is 0 Å². The van der Waals surface area contributed by atoms with Gasteiger partial charge in [0.25, 0.3) is 10.1 Å². The van der Waals surface area contributed by atoms with Crippen molar-refractivity contribution >= 4 is 15.9 Å². The van der Waals surface area contributed by atoms with Gasteiger partial charge in [-0.3, -0.25) is 8.98 Å². The van der Waals surface area contributed by atoms with Crippen LogP contribution in [0.25, 0.3) is 0 Å². The summed E-state index contributed by atoms with van der Waals surface area (Å²) < 4.78 is 33.1. The van der Waals surface area contributed by atoms with Gasteiger partial charge >= 0.3 is 0 Å². The summed E-state index contributed by atoms with van der Waals surface area (Å²) in [6.07, 6.45) is -0.895. The minimum Gasteiger partial charge on any atom is -0.364 e. The Morgan fingerprint density at radius 2 is 2.00 bits per heavy atom. The molecule has 1 aromatic carbocycles. The van der Waals surface area contributed by atoms with Gasteiger partial charge in [0.05, 0.1) is 13.2 Å². The average Bonchev–Trinajstić information content (AvgIpc) is 2.83. The summed E-state index contributed by atoms with van der Waals surface area (Å²) in [5.74, 6) is -0.190. The second-order valence-corrected chi connectivity index (χ2v) is 7.45. The lowest BCUT2D eigenvalue weighted by atomic mass is 10.0. The van der Waals surface area contributed by atoms with Gasteiger partial charge in [0.15, 0.2) is 17.3 Å². The number of hydrogen-bond acceptors (Lipinski definition) is 6. The van der Waals surface area contributed by atoms with E-state index in [2.05, 4.69) is 4.18 Å². The first-order valence-electron chi connectivity index (χ1n) is 7.13. The molecule has 22 heavy (non-hydrogen) atoms. The van der Waals surface area contributed by atoms with Crippen LogP contribution in [-0.2, 0) is 19.0 Å². The van der Waals surface area contributed by atoms with Crippen molar-refractivity contribution in [2.24, 2.45) is 5.92 Å². The van der Waals surface area contributed by atoms with Crippen molar-refractivity contribution in [3.05, 3.63) is 35.4 Å². The van der Waals surface area contributed by atoms with E-state index < -0.39 is 27.4 Å². The minimum absolute atomic E-state index is 0.0403. The van der Waals surface area contributed by atoms with E-state index in [4.69, 9.17) is 4.74 Å². The second-order valence-electron chi connectivity index (χ2n) is 5.66. The Labute approximate surface area is 130 Å². The molecule has 0 aliphatic carbocycles. The molecule has 1 heterocycles. The van der Waals surface area contributed by atoms with Gasteiger partial charge in [-0.1, -0.05) is 38.1 Å². The second kappa shape index (κ2) is 6.87. The third-order valence-corrected chi connectivity index (χ3v) is 4.98. The van der Waals surface area contributed by atoms with Gasteiger partial charge in [0, 0.05) is 11.1 Å². The van der Waals surface area contributed by atoms with Crippen LogP contribution in [0.1, 0.15) is 42.5 Å². The molecule has 0 aromatic heterocycles. The summed E-state index contributed by atoms with van der Waals surface area (Å²) >= 11 is 0. The Hall–Kier alpha value is -1.28. The minimum atomic E-state index is -3.80. The smallest absolute Gasteiger partial charge is 0.277 e. The van der Waals surface area contributed by atoms with Gasteiger partial charge in [-0.25, -0.2) is 0 Å². The van der Waals surface area contributed by atoms with Crippen LogP contribution < -0.4 is 0 Å². The van der Waals surface area contributed by atoms with E-state index in [1.165, 1.54) is 12.1 Å². The van der Waals surface area contributed by atoms with Crippen LogP contribution in [-0.4, -0.2) is 37.8 Å². The summed E-state index contributed by atoms with van der Waals surface area (Å²) in [5.41, 5.74) is 0.793. The summed E-state index contributed by atoms with van der Waals surface area (Å²) in [6, 6.07) is 6.10. The SMILES string of the molecule is CC(C)COC(O)c1ccc(C(=O)C2CCOS2(=O)=O)cc1. The molecule has 6 nitrogen and oxygen atoms in total. The zero-order chi connectivity index (χ0) is 16.3. The van der Waals surface area contributed by atoms with Crippen molar-refractivity contribution in [2.45, 2.75) is 31.8 Å². The van der Waals surface area contributed by atoms with Crippen LogP contribution in [0.5, 0.6) is 0 Å². The van der Waals surface area contributed by atoms with Crippen LogP contribution in [0.2, 0.25) is 0 Å². The highest BCUT2D eigenvalue weighted by atomic mass is 32.2. The third kappa shape index (κ3) is 3.92. The van der Waals surface area contributed by atoms with Crippen LogP contribution in [0.4, 0.5) is 0 Å². The normalized spacial score (nSPS) is 21.9. The van der Waals surface area contributed by atoms with E-state index in [9.17, 15) is 18.3 Å². The summed E-state index contributed by atoms with van der Waals surface area (Å²) in [5, 5.41) is 8.73. The molecule has 2 rings (SSSR count). The molecular formula is C15H20O6S. The van der Waals surface area contributed by atoms with Gasteiger partial charge < -0.3 is 9.84 Å². The van der Waals surface area contributed by atoms with E-state index in [-0.39, 0.29) is 18.6 Å². The first-order valence-corrected chi connectivity index (χ1v) is 8.60. The molecule has 1 N–H and O–H groups in total. The fraction of sp³-hybridized carbons (Fsp3) is 0.533. The maximum absolute atomic E-state index is 12.2. The van der Waals surface area contributed by atoms with Crippen molar-refractivity contribution in [1.82, 2.24) is 0 Å². The predicted octanol–water partition coefficient (Wildman–Crippen LogP) is 1.65. The molecule has 122 valence electrons. The molecule has 0 amide bonds. The van der Waals surface area contributed by atoms with Crippen LogP contribution in [0, 0.1) is 5.92 Å². The molecular weight excluding hydrogens is 308 g/mol. The highest BCUT2D eigenvalue weighted by molar-refractivity contribution is 7.88. The van der Waals surface area contributed by atoms with E-state index in [0.717, 1.165) is 0 Å². The number of ether oxygens (including phenoxy) is 1. The Bertz CT molecular complexity index is 620. The molecule has 1 saturated heterocycles. The average molecular weight is 328 g/mol. The van der Waals surface area contributed by atoms with E-state index >= 15 is 0 Å². The van der Waals surface area contributed by atoms with Crippen molar-refractivity contribution in [3.8, 4) is 0 Å². The lowest BCUT2D eigenvalue weighted by molar-refractivity contribution is -0.110. The van der Waals surface area contributed by atoms with Gasteiger partial charge in [0.1, 0.15) is 0 Å². The maximum Gasteiger partial charge on any atom is 0.277 e. The van der Waals surface area contributed by atoms with Crippen LogP contribution >= 0.6 is 0 Å². The number of hydrogen-bond donors (Lipinski definition) is 1. The molecule has 0 bridgehead atoms. The van der Waals surface area contributed by atoms with E-state index in [1.54, 1.807) is 12.1 Å². The van der Waals surface area contributed by atoms with Gasteiger partial charge in [0.2, 0.25) is 0 Å².